The summed E-state index contributed by atoms with van der Waals surface area (Å²) in [6.45, 7) is 8.90. The second kappa shape index (κ2) is 4.88. The zero-order chi connectivity index (χ0) is 11.5. The molecule has 2 unspecified atom stereocenters. The van der Waals surface area contributed by atoms with Crippen LogP contribution in [-0.2, 0) is 0 Å². The number of nitrogens with one attached hydrogen (secondary N) is 1. The summed E-state index contributed by atoms with van der Waals surface area (Å²) in [4.78, 5) is 2.47. The summed E-state index contributed by atoms with van der Waals surface area (Å²) in [5, 5.41) is 3.46. The lowest BCUT2D eigenvalue weighted by molar-refractivity contribution is 0.481. The summed E-state index contributed by atoms with van der Waals surface area (Å²) in [5.41, 5.74) is 2.76. The van der Waals surface area contributed by atoms with Crippen LogP contribution >= 0.6 is 0 Å². The van der Waals surface area contributed by atoms with Gasteiger partial charge in [0, 0.05) is 24.3 Å². The van der Waals surface area contributed by atoms with Crippen molar-refractivity contribution in [2.24, 2.45) is 0 Å². The fraction of sp³-hybridized carbons (Fsp3) is 0.571. The molecule has 1 saturated heterocycles. The van der Waals surface area contributed by atoms with Crippen LogP contribution in [-0.4, -0.2) is 19.1 Å². The highest BCUT2D eigenvalue weighted by Crippen LogP contribution is 2.28. The van der Waals surface area contributed by atoms with Crippen molar-refractivity contribution in [2.75, 3.05) is 18.0 Å². The van der Waals surface area contributed by atoms with E-state index >= 15 is 0 Å². The number of rotatable bonds is 4. The topological polar surface area (TPSA) is 15.3 Å². The molecule has 0 aliphatic carbocycles. The summed E-state index contributed by atoms with van der Waals surface area (Å²) >= 11 is 0. The van der Waals surface area contributed by atoms with Gasteiger partial charge in [-0.25, -0.2) is 0 Å². The summed E-state index contributed by atoms with van der Waals surface area (Å²) in [6.07, 6.45) is 1.33. The first-order valence-electron chi connectivity index (χ1n) is 6.32. The maximum Gasteiger partial charge on any atom is 0.0371 e. The first-order chi connectivity index (χ1) is 7.72. The van der Waals surface area contributed by atoms with Crippen LogP contribution in [0.25, 0.3) is 0 Å². The predicted octanol–water partition coefficient (Wildman–Crippen LogP) is 2.96. The maximum atomic E-state index is 3.46. The first kappa shape index (κ1) is 11.5. The van der Waals surface area contributed by atoms with Gasteiger partial charge in [-0.05, 0) is 44.5 Å². The molecule has 2 atom stereocenters. The molecule has 16 heavy (non-hydrogen) atoms. The monoisotopic (exact) mass is 218 g/mol. The van der Waals surface area contributed by atoms with E-state index in [1.807, 2.05) is 0 Å². The Bertz CT molecular complexity index is 348. The Labute approximate surface area is 98.7 Å². The van der Waals surface area contributed by atoms with Crippen LogP contribution in [0.4, 0.5) is 5.69 Å². The van der Waals surface area contributed by atoms with Gasteiger partial charge in [-0.3, -0.25) is 0 Å². The fourth-order valence-corrected chi connectivity index (χ4v) is 2.30. The molecule has 0 amide bonds. The molecular formula is C14H22N2. The first-order valence-corrected chi connectivity index (χ1v) is 6.32. The van der Waals surface area contributed by atoms with Crippen LogP contribution in [0.5, 0.6) is 0 Å². The molecule has 2 nitrogen and oxygen atoms in total. The molecule has 0 radical (unpaired) electrons. The third kappa shape index (κ3) is 2.22. The number of benzene rings is 1. The molecule has 1 heterocycles. The van der Waals surface area contributed by atoms with Crippen molar-refractivity contribution in [3.63, 3.8) is 0 Å². The molecule has 1 aliphatic heterocycles. The van der Waals surface area contributed by atoms with Crippen molar-refractivity contribution in [3.8, 4) is 0 Å². The fourth-order valence-electron chi connectivity index (χ4n) is 2.30. The van der Waals surface area contributed by atoms with E-state index in [2.05, 4.69) is 55.3 Å². The van der Waals surface area contributed by atoms with E-state index in [9.17, 15) is 0 Å². The lowest BCUT2D eigenvalue weighted by Gasteiger charge is -2.41. The van der Waals surface area contributed by atoms with Crippen LogP contribution in [0, 0.1) is 0 Å². The maximum absolute atomic E-state index is 3.46. The van der Waals surface area contributed by atoms with Gasteiger partial charge in [0.05, 0.1) is 0 Å². The number of hydrogen-bond donors (Lipinski definition) is 1. The van der Waals surface area contributed by atoms with E-state index in [1.165, 1.54) is 24.2 Å². The van der Waals surface area contributed by atoms with Gasteiger partial charge in [-0.2, -0.15) is 0 Å². The smallest absolute Gasteiger partial charge is 0.0371 e. The number of nitrogens with zero attached hydrogens (tertiary/aromatic N) is 1. The lowest BCUT2D eigenvalue weighted by atomic mass is 10.0. The summed E-state index contributed by atoms with van der Waals surface area (Å²) in [5.74, 6) is 0. The third-order valence-corrected chi connectivity index (χ3v) is 3.53. The largest absolute Gasteiger partial charge is 0.369 e. The SMILES string of the molecule is CCNC(C)c1cccc(N2CCC2C)c1. The number of anilines is 1. The van der Waals surface area contributed by atoms with Gasteiger partial charge in [0.25, 0.3) is 0 Å². The average molecular weight is 218 g/mol. The van der Waals surface area contributed by atoms with Crippen molar-refractivity contribution < 1.29 is 0 Å². The van der Waals surface area contributed by atoms with E-state index in [0.717, 1.165) is 6.54 Å². The molecule has 88 valence electrons. The van der Waals surface area contributed by atoms with Gasteiger partial charge in [-0.15, -0.1) is 0 Å². The highest BCUT2D eigenvalue weighted by atomic mass is 15.2. The zero-order valence-corrected chi connectivity index (χ0v) is 10.5. The lowest BCUT2D eigenvalue weighted by Crippen LogP contribution is -2.45. The Morgan fingerprint density at radius 3 is 2.88 bits per heavy atom. The molecule has 1 aromatic rings. The summed E-state index contributed by atoms with van der Waals surface area (Å²) < 4.78 is 0. The van der Waals surface area contributed by atoms with E-state index in [0.29, 0.717) is 12.1 Å². The molecule has 1 aromatic carbocycles. The highest BCUT2D eigenvalue weighted by Gasteiger charge is 2.23. The minimum atomic E-state index is 0.446. The Kier molecular flexibility index (Phi) is 3.49. The van der Waals surface area contributed by atoms with Crippen LogP contribution in [0.1, 0.15) is 38.8 Å². The second-order valence-electron chi connectivity index (χ2n) is 4.71. The molecule has 0 saturated carbocycles. The molecule has 1 aliphatic rings. The third-order valence-electron chi connectivity index (χ3n) is 3.53. The summed E-state index contributed by atoms with van der Waals surface area (Å²) in [6, 6.07) is 10.1. The molecule has 2 heteroatoms. The Morgan fingerprint density at radius 1 is 1.50 bits per heavy atom. The van der Waals surface area contributed by atoms with Crippen molar-refractivity contribution in [2.45, 2.75) is 39.3 Å². The van der Waals surface area contributed by atoms with Gasteiger partial charge in [0.15, 0.2) is 0 Å². The van der Waals surface area contributed by atoms with Crippen molar-refractivity contribution in [3.05, 3.63) is 29.8 Å². The zero-order valence-electron chi connectivity index (χ0n) is 10.5. The van der Waals surface area contributed by atoms with E-state index in [1.54, 1.807) is 0 Å². The van der Waals surface area contributed by atoms with Crippen LogP contribution in [0.2, 0.25) is 0 Å². The highest BCUT2D eigenvalue weighted by molar-refractivity contribution is 5.52. The van der Waals surface area contributed by atoms with E-state index in [-0.39, 0.29) is 0 Å². The van der Waals surface area contributed by atoms with Gasteiger partial charge >= 0.3 is 0 Å². The van der Waals surface area contributed by atoms with E-state index in [4.69, 9.17) is 0 Å². The van der Waals surface area contributed by atoms with E-state index < -0.39 is 0 Å². The predicted molar refractivity (Wildman–Crippen MR) is 70.0 cm³/mol. The van der Waals surface area contributed by atoms with Gasteiger partial charge in [-0.1, -0.05) is 19.1 Å². The van der Waals surface area contributed by atoms with Crippen molar-refractivity contribution in [1.82, 2.24) is 5.32 Å². The van der Waals surface area contributed by atoms with Crippen LogP contribution in [0.15, 0.2) is 24.3 Å². The van der Waals surface area contributed by atoms with Gasteiger partial charge in [0.2, 0.25) is 0 Å². The molecule has 0 aromatic heterocycles. The molecule has 1 fully saturated rings. The standard InChI is InChI=1S/C14H22N2/c1-4-15-12(3)13-6-5-7-14(10-13)16-9-8-11(16)2/h5-7,10-12,15H,4,8-9H2,1-3H3. The van der Waals surface area contributed by atoms with Crippen LogP contribution < -0.4 is 10.2 Å². The Morgan fingerprint density at radius 2 is 2.31 bits per heavy atom. The minimum absolute atomic E-state index is 0.446. The molecule has 1 N–H and O–H groups in total. The normalized spacial score (nSPS) is 21.7. The molecule has 0 spiro atoms. The quantitative estimate of drug-likeness (QED) is 0.836. The molecule has 0 bridgehead atoms. The molecular weight excluding hydrogens is 196 g/mol. The Balaban J connectivity index is 2.13. The summed E-state index contributed by atoms with van der Waals surface area (Å²) in [7, 11) is 0. The van der Waals surface area contributed by atoms with Crippen molar-refractivity contribution >= 4 is 5.69 Å². The van der Waals surface area contributed by atoms with Gasteiger partial charge in [0.1, 0.15) is 0 Å². The van der Waals surface area contributed by atoms with Gasteiger partial charge < -0.3 is 10.2 Å². The molecule has 2 rings (SSSR count). The second-order valence-corrected chi connectivity index (χ2v) is 4.71. The number of hydrogen-bond acceptors (Lipinski definition) is 2. The van der Waals surface area contributed by atoms with Crippen molar-refractivity contribution in [1.29, 1.82) is 0 Å². The minimum Gasteiger partial charge on any atom is -0.369 e. The Hall–Kier alpha value is -1.02. The average Bonchev–Trinajstić information content (AvgIpc) is 2.28. The van der Waals surface area contributed by atoms with Crippen LogP contribution in [0.3, 0.4) is 0 Å².